The first kappa shape index (κ1) is 40.3. The van der Waals surface area contributed by atoms with Crippen molar-refractivity contribution >= 4 is 30.7 Å². The molecule has 0 bridgehead atoms. The number of carbonyl (C=O) groups is 1. The highest BCUT2D eigenvalue weighted by atomic mass is 28.4. The Balaban J connectivity index is 6.62. The SMILES string of the molecule is C/C=C/[C@H](OCOC)C(=O)/C=C/[C@H](O[Si](C)(C)C(C)(C)C)[C@H](/C=C/CO[Si](C)(C)C(C)(C)C)O[Si](C)(C)C(C)(C)C. The average molecular weight is 629 g/mol. The van der Waals surface area contributed by atoms with Gasteiger partial charge >= 0.3 is 0 Å². The van der Waals surface area contributed by atoms with Crippen LogP contribution in [0.1, 0.15) is 69.2 Å². The van der Waals surface area contributed by atoms with Crippen molar-refractivity contribution in [2.75, 3.05) is 20.5 Å². The molecule has 0 rings (SSSR count). The van der Waals surface area contributed by atoms with Crippen LogP contribution in [-0.2, 0) is 27.5 Å². The molecular formula is C32H64O6Si3. The molecule has 0 heterocycles. The summed E-state index contributed by atoms with van der Waals surface area (Å²) in [4.78, 5) is 13.2. The van der Waals surface area contributed by atoms with E-state index in [0.29, 0.717) is 6.61 Å². The molecule has 0 aromatic carbocycles. The molecule has 0 aromatic rings. The van der Waals surface area contributed by atoms with Crippen LogP contribution in [0.2, 0.25) is 54.4 Å². The fraction of sp³-hybridized carbons (Fsp3) is 0.781. The van der Waals surface area contributed by atoms with Crippen LogP contribution in [0.15, 0.2) is 36.5 Å². The van der Waals surface area contributed by atoms with Crippen molar-refractivity contribution in [3.63, 3.8) is 0 Å². The Morgan fingerprint density at radius 3 is 1.54 bits per heavy atom. The quantitative estimate of drug-likeness (QED) is 0.0735. The predicted molar refractivity (Wildman–Crippen MR) is 182 cm³/mol. The Kier molecular flexibility index (Phi) is 15.6. The van der Waals surface area contributed by atoms with Crippen molar-refractivity contribution in [1.82, 2.24) is 0 Å². The summed E-state index contributed by atoms with van der Waals surface area (Å²) in [5, 5.41) is 0.112. The number of ketones is 1. The summed E-state index contributed by atoms with van der Waals surface area (Å²) in [6.07, 6.45) is 9.60. The minimum atomic E-state index is -2.24. The molecule has 9 heteroatoms. The third-order valence-electron chi connectivity index (χ3n) is 8.93. The van der Waals surface area contributed by atoms with Gasteiger partial charge in [0.25, 0.3) is 0 Å². The number of rotatable bonds is 16. The molecule has 0 aliphatic carbocycles. The van der Waals surface area contributed by atoms with Crippen LogP contribution in [0.3, 0.4) is 0 Å². The summed E-state index contributed by atoms with van der Waals surface area (Å²) in [5.74, 6) is -0.166. The molecule has 0 N–H and O–H groups in total. The molecule has 0 saturated carbocycles. The average Bonchev–Trinajstić information content (AvgIpc) is 2.78. The smallest absolute Gasteiger partial charge is 0.193 e. The van der Waals surface area contributed by atoms with Gasteiger partial charge in [-0.3, -0.25) is 4.79 Å². The normalized spacial score (nSPS) is 17.1. The Morgan fingerprint density at radius 2 is 1.15 bits per heavy atom. The Hall–Kier alpha value is -0.659. The van der Waals surface area contributed by atoms with Gasteiger partial charge in [-0.15, -0.1) is 0 Å². The number of ether oxygens (including phenoxy) is 2. The molecule has 240 valence electrons. The summed E-state index contributed by atoms with van der Waals surface area (Å²) in [6.45, 7) is 36.0. The molecule has 0 spiro atoms. The summed E-state index contributed by atoms with van der Waals surface area (Å²) < 4.78 is 31.1. The van der Waals surface area contributed by atoms with E-state index in [-0.39, 0.29) is 33.8 Å². The zero-order valence-corrected chi connectivity index (χ0v) is 32.6. The fourth-order valence-electron chi connectivity index (χ4n) is 2.96. The van der Waals surface area contributed by atoms with Crippen LogP contribution < -0.4 is 0 Å². The van der Waals surface area contributed by atoms with E-state index in [1.54, 1.807) is 19.3 Å². The third-order valence-corrected chi connectivity index (χ3v) is 22.4. The highest BCUT2D eigenvalue weighted by Gasteiger charge is 2.44. The summed E-state index contributed by atoms with van der Waals surface area (Å²) in [7, 11) is -4.81. The first-order valence-corrected chi connectivity index (χ1v) is 23.7. The van der Waals surface area contributed by atoms with Crippen molar-refractivity contribution < 1.29 is 27.5 Å². The van der Waals surface area contributed by atoms with E-state index >= 15 is 0 Å². The molecule has 0 radical (unpaired) electrons. The van der Waals surface area contributed by atoms with Crippen molar-refractivity contribution in [3.05, 3.63) is 36.5 Å². The second-order valence-electron chi connectivity index (χ2n) is 15.5. The highest BCUT2D eigenvalue weighted by molar-refractivity contribution is 6.75. The predicted octanol–water partition coefficient (Wildman–Crippen LogP) is 9.04. The number of hydrogen-bond donors (Lipinski definition) is 0. The van der Waals surface area contributed by atoms with Gasteiger partial charge in [-0.25, -0.2) is 0 Å². The van der Waals surface area contributed by atoms with E-state index < -0.39 is 37.2 Å². The Labute approximate surface area is 256 Å². The second-order valence-corrected chi connectivity index (χ2v) is 29.8. The molecule has 0 aliphatic rings. The number of methoxy groups -OCH3 is 1. The maximum absolute atomic E-state index is 13.2. The van der Waals surface area contributed by atoms with Gasteiger partial charge in [0.2, 0.25) is 0 Å². The van der Waals surface area contributed by atoms with E-state index in [1.165, 1.54) is 0 Å². The van der Waals surface area contributed by atoms with E-state index in [1.807, 2.05) is 19.1 Å². The van der Waals surface area contributed by atoms with Gasteiger partial charge in [-0.05, 0) is 67.4 Å². The van der Waals surface area contributed by atoms with Crippen LogP contribution in [-0.4, -0.2) is 69.6 Å². The molecule has 0 aliphatic heterocycles. The van der Waals surface area contributed by atoms with E-state index in [0.717, 1.165) is 0 Å². The van der Waals surface area contributed by atoms with Crippen molar-refractivity contribution in [2.24, 2.45) is 0 Å². The van der Waals surface area contributed by atoms with Gasteiger partial charge in [0, 0.05) is 7.11 Å². The molecule has 0 saturated heterocycles. The lowest BCUT2D eigenvalue weighted by molar-refractivity contribution is -0.130. The lowest BCUT2D eigenvalue weighted by Gasteiger charge is -2.44. The van der Waals surface area contributed by atoms with E-state index in [4.69, 9.17) is 22.8 Å². The van der Waals surface area contributed by atoms with Gasteiger partial charge in [-0.2, -0.15) is 0 Å². The molecule has 0 amide bonds. The van der Waals surface area contributed by atoms with Crippen molar-refractivity contribution in [1.29, 1.82) is 0 Å². The lowest BCUT2D eigenvalue weighted by Crippen LogP contribution is -2.51. The Morgan fingerprint density at radius 1 is 0.707 bits per heavy atom. The Bertz CT molecular complexity index is 887. The van der Waals surface area contributed by atoms with Gasteiger partial charge in [0.05, 0.1) is 18.8 Å². The second kappa shape index (κ2) is 15.9. The number of hydrogen-bond acceptors (Lipinski definition) is 6. The number of carbonyl (C=O) groups excluding carboxylic acids is 1. The minimum Gasteiger partial charge on any atom is -0.413 e. The van der Waals surface area contributed by atoms with Crippen LogP contribution in [0.4, 0.5) is 0 Å². The topological polar surface area (TPSA) is 63.2 Å². The number of allylic oxidation sites excluding steroid dienone is 1. The molecule has 3 atom stereocenters. The zero-order valence-electron chi connectivity index (χ0n) is 29.6. The molecule has 0 fully saturated rings. The molecular weight excluding hydrogens is 565 g/mol. The lowest BCUT2D eigenvalue weighted by atomic mass is 10.1. The maximum Gasteiger partial charge on any atom is 0.193 e. The summed E-state index contributed by atoms with van der Waals surface area (Å²) >= 11 is 0. The van der Waals surface area contributed by atoms with Gasteiger partial charge in [0.1, 0.15) is 12.9 Å². The monoisotopic (exact) mass is 628 g/mol. The van der Waals surface area contributed by atoms with Crippen LogP contribution in [0.25, 0.3) is 0 Å². The van der Waals surface area contributed by atoms with Crippen LogP contribution in [0.5, 0.6) is 0 Å². The summed E-state index contributed by atoms with van der Waals surface area (Å²) in [5.41, 5.74) is 0. The molecule has 6 nitrogen and oxygen atoms in total. The minimum absolute atomic E-state index is 0.00277. The van der Waals surface area contributed by atoms with Crippen molar-refractivity contribution in [2.45, 2.75) is 142 Å². The van der Waals surface area contributed by atoms with Crippen molar-refractivity contribution in [3.8, 4) is 0 Å². The van der Waals surface area contributed by atoms with Crippen LogP contribution >= 0.6 is 0 Å². The molecule has 0 aromatic heterocycles. The van der Waals surface area contributed by atoms with Gasteiger partial charge in [-0.1, -0.05) is 92.7 Å². The zero-order chi connectivity index (χ0) is 32.5. The van der Waals surface area contributed by atoms with E-state index in [9.17, 15) is 4.79 Å². The van der Waals surface area contributed by atoms with Gasteiger partial charge in [0.15, 0.2) is 30.7 Å². The molecule has 0 unspecified atom stereocenters. The van der Waals surface area contributed by atoms with E-state index in [2.05, 4.69) is 114 Å². The van der Waals surface area contributed by atoms with Crippen LogP contribution in [0, 0.1) is 0 Å². The largest absolute Gasteiger partial charge is 0.413 e. The fourth-order valence-corrected chi connectivity index (χ4v) is 6.40. The maximum atomic E-state index is 13.2. The first-order valence-electron chi connectivity index (χ1n) is 14.9. The first-order chi connectivity index (χ1) is 18.3. The standard InChI is InChI=1S/C32H64O6Si3/c1-18-20-27(35-25-34-11)26(33)22-23-29(38-41(16,17)32(8,9)10)28(37-40(14,15)31(5,6)7)21-19-24-36-39(12,13)30(2,3)4/h18-23,27-29H,24-25H2,1-17H3/b20-18+,21-19+,23-22+/t27-,28-,29-/m0/s1. The highest BCUT2D eigenvalue weighted by Crippen LogP contribution is 2.41. The third kappa shape index (κ3) is 13.3. The summed E-state index contributed by atoms with van der Waals surface area (Å²) in [6, 6.07) is 0. The molecule has 41 heavy (non-hydrogen) atoms. The van der Waals surface area contributed by atoms with Gasteiger partial charge < -0.3 is 22.8 Å².